The molecule has 1 rings (SSSR count). The van der Waals surface area contributed by atoms with Gasteiger partial charge in [-0.2, -0.15) is 0 Å². The van der Waals surface area contributed by atoms with E-state index in [9.17, 15) is 9.59 Å². The van der Waals surface area contributed by atoms with Crippen LogP contribution in [0.15, 0.2) is 0 Å². The quantitative estimate of drug-likeness (QED) is 0.645. The predicted molar refractivity (Wildman–Crippen MR) is 69.8 cm³/mol. The van der Waals surface area contributed by atoms with E-state index in [4.69, 9.17) is 11.5 Å². The number of carbonyl (C=O) groups is 2. The third kappa shape index (κ3) is 3.43. The zero-order chi connectivity index (χ0) is 13.7. The summed E-state index contributed by atoms with van der Waals surface area (Å²) in [4.78, 5) is 24.7. The largest absolute Gasteiger partial charge is 0.351 e. The van der Waals surface area contributed by atoms with Crippen molar-refractivity contribution in [3.8, 4) is 0 Å². The second-order valence-corrected chi connectivity index (χ2v) is 4.85. The molecule has 0 bridgehead atoms. The molecular formula is C12H24N4O2. The number of hydrogen-bond donors (Lipinski definition) is 3. The normalized spacial score (nSPS) is 25.1. The van der Waals surface area contributed by atoms with Gasteiger partial charge in [-0.3, -0.25) is 15.0 Å². The van der Waals surface area contributed by atoms with Crippen molar-refractivity contribution in [1.29, 1.82) is 0 Å². The molecule has 0 aromatic carbocycles. The minimum Gasteiger partial charge on any atom is -0.351 e. The molecule has 0 spiro atoms. The molecule has 0 saturated heterocycles. The SMILES string of the molecule is CCN(C(C)C(=O)NC(N)=O)C1CCCC1CN. The lowest BCUT2D eigenvalue weighted by atomic mass is 10.0. The molecule has 6 nitrogen and oxygen atoms in total. The Labute approximate surface area is 108 Å². The number of nitrogens with one attached hydrogen (secondary N) is 1. The minimum absolute atomic E-state index is 0.327. The van der Waals surface area contributed by atoms with E-state index in [1.807, 2.05) is 6.92 Å². The van der Waals surface area contributed by atoms with Crippen LogP contribution in [0.5, 0.6) is 0 Å². The van der Waals surface area contributed by atoms with Gasteiger partial charge < -0.3 is 11.5 Å². The van der Waals surface area contributed by atoms with Crippen molar-refractivity contribution in [1.82, 2.24) is 10.2 Å². The monoisotopic (exact) mass is 256 g/mol. The van der Waals surface area contributed by atoms with Crippen LogP contribution in [0.3, 0.4) is 0 Å². The average molecular weight is 256 g/mol. The molecule has 6 heteroatoms. The first-order valence-corrected chi connectivity index (χ1v) is 6.57. The van der Waals surface area contributed by atoms with Gasteiger partial charge in [-0.1, -0.05) is 13.3 Å². The smallest absolute Gasteiger partial charge is 0.318 e. The van der Waals surface area contributed by atoms with Crippen LogP contribution in [0.25, 0.3) is 0 Å². The number of likely N-dealkylation sites (N-methyl/N-ethyl adjacent to an activating group) is 1. The molecule has 3 amide bonds. The highest BCUT2D eigenvalue weighted by atomic mass is 16.2. The van der Waals surface area contributed by atoms with Gasteiger partial charge in [0.25, 0.3) is 0 Å². The van der Waals surface area contributed by atoms with E-state index in [0.717, 1.165) is 25.8 Å². The van der Waals surface area contributed by atoms with E-state index >= 15 is 0 Å². The molecule has 0 aliphatic heterocycles. The van der Waals surface area contributed by atoms with Gasteiger partial charge in [-0.05, 0) is 38.8 Å². The van der Waals surface area contributed by atoms with Crippen LogP contribution in [0.1, 0.15) is 33.1 Å². The highest BCUT2D eigenvalue weighted by Gasteiger charge is 2.35. The van der Waals surface area contributed by atoms with Crippen LogP contribution in [0, 0.1) is 5.92 Å². The first kappa shape index (κ1) is 14.9. The molecule has 1 fully saturated rings. The highest BCUT2D eigenvalue weighted by Crippen LogP contribution is 2.30. The molecule has 5 N–H and O–H groups in total. The number of hydrogen-bond acceptors (Lipinski definition) is 4. The molecule has 104 valence electrons. The number of amides is 3. The molecular weight excluding hydrogens is 232 g/mol. The van der Waals surface area contributed by atoms with Crippen molar-refractivity contribution >= 4 is 11.9 Å². The first-order chi connectivity index (χ1) is 8.51. The summed E-state index contributed by atoms with van der Waals surface area (Å²) in [6.45, 7) is 5.22. The number of rotatable bonds is 5. The van der Waals surface area contributed by atoms with E-state index in [0.29, 0.717) is 18.5 Å². The van der Waals surface area contributed by atoms with Gasteiger partial charge in [0.05, 0.1) is 6.04 Å². The Kier molecular flexibility index (Phi) is 5.55. The van der Waals surface area contributed by atoms with E-state index in [1.54, 1.807) is 6.92 Å². The van der Waals surface area contributed by atoms with Gasteiger partial charge in [-0.15, -0.1) is 0 Å². The number of primary amides is 1. The van der Waals surface area contributed by atoms with Gasteiger partial charge in [0.15, 0.2) is 0 Å². The summed E-state index contributed by atoms with van der Waals surface area (Å²) < 4.78 is 0. The first-order valence-electron chi connectivity index (χ1n) is 6.57. The summed E-state index contributed by atoms with van der Waals surface area (Å²) in [5.74, 6) is 0.0980. The van der Waals surface area contributed by atoms with Crippen LogP contribution in [0.4, 0.5) is 4.79 Å². The second kappa shape index (κ2) is 6.70. The molecule has 0 radical (unpaired) electrons. The topological polar surface area (TPSA) is 101 Å². The van der Waals surface area contributed by atoms with Crippen LogP contribution in [0.2, 0.25) is 0 Å². The Bertz CT molecular complexity index is 308. The van der Waals surface area contributed by atoms with Crippen LogP contribution in [-0.4, -0.2) is 42.0 Å². The number of nitrogens with two attached hydrogens (primary N) is 2. The van der Waals surface area contributed by atoms with Crippen molar-refractivity contribution in [3.63, 3.8) is 0 Å². The standard InChI is InChI=1S/C12H24N4O2/c1-3-16(8(2)11(17)15-12(14)18)10-6-4-5-9(10)7-13/h8-10H,3-7,13H2,1-2H3,(H3,14,15,17,18). The Morgan fingerprint density at radius 1 is 1.44 bits per heavy atom. The van der Waals surface area contributed by atoms with Gasteiger partial charge in [0.2, 0.25) is 5.91 Å². The predicted octanol–water partition coefficient (Wildman–Crippen LogP) is 0.0191. The average Bonchev–Trinajstić information content (AvgIpc) is 2.77. The van der Waals surface area contributed by atoms with E-state index < -0.39 is 6.03 Å². The van der Waals surface area contributed by atoms with Crippen molar-refractivity contribution < 1.29 is 9.59 Å². The van der Waals surface area contributed by atoms with E-state index in [1.165, 1.54) is 0 Å². The molecule has 1 aliphatic carbocycles. The molecule has 0 aromatic rings. The van der Waals surface area contributed by atoms with Crippen LogP contribution in [-0.2, 0) is 4.79 Å². The number of carbonyl (C=O) groups excluding carboxylic acids is 2. The fraction of sp³-hybridized carbons (Fsp3) is 0.833. The Balaban J connectivity index is 2.69. The summed E-state index contributed by atoms with van der Waals surface area (Å²) in [7, 11) is 0. The number of imide groups is 1. The number of urea groups is 1. The molecule has 18 heavy (non-hydrogen) atoms. The maximum Gasteiger partial charge on any atom is 0.318 e. The summed E-state index contributed by atoms with van der Waals surface area (Å²) in [6.07, 6.45) is 3.32. The molecule has 1 saturated carbocycles. The maximum absolute atomic E-state index is 11.8. The van der Waals surface area contributed by atoms with Crippen molar-refractivity contribution in [2.24, 2.45) is 17.4 Å². The Hall–Kier alpha value is -1.14. The molecule has 3 atom stereocenters. The summed E-state index contributed by atoms with van der Waals surface area (Å²) >= 11 is 0. The van der Waals surface area contributed by atoms with E-state index in [-0.39, 0.29) is 11.9 Å². The van der Waals surface area contributed by atoms with Gasteiger partial charge in [0, 0.05) is 6.04 Å². The molecule has 0 heterocycles. The highest BCUT2D eigenvalue weighted by molar-refractivity contribution is 5.96. The minimum atomic E-state index is -0.801. The van der Waals surface area contributed by atoms with Crippen molar-refractivity contribution in [2.75, 3.05) is 13.1 Å². The number of nitrogens with zero attached hydrogens (tertiary/aromatic N) is 1. The third-order valence-corrected chi connectivity index (χ3v) is 3.84. The Morgan fingerprint density at radius 3 is 2.61 bits per heavy atom. The lowest BCUT2D eigenvalue weighted by Crippen LogP contribution is -2.53. The molecule has 1 aliphatic rings. The maximum atomic E-state index is 11.8. The second-order valence-electron chi connectivity index (χ2n) is 4.85. The lowest BCUT2D eigenvalue weighted by Gasteiger charge is -2.35. The fourth-order valence-electron chi connectivity index (χ4n) is 2.90. The van der Waals surface area contributed by atoms with Crippen LogP contribution < -0.4 is 16.8 Å². The van der Waals surface area contributed by atoms with Gasteiger partial charge in [-0.25, -0.2) is 4.79 Å². The molecule has 0 aromatic heterocycles. The molecule has 3 unspecified atom stereocenters. The summed E-state index contributed by atoms with van der Waals surface area (Å²) in [5, 5.41) is 2.14. The lowest BCUT2D eigenvalue weighted by molar-refractivity contribution is -0.125. The Morgan fingerprint density at radius 2 is 2.11 bits per heavy atom. The van der Waals surface area contributed by atoms with Crippen molar-refractivity contribution in [3.05, 3.63) is 0 Å². The fourth-order valence-corrected chi connectivity index (χ4v) is 2.90. The van der Waals surface area contributed by atoms with Gasteiger partial charge in [0.1, 0.15) is 0 Å². The van der Waals surface area contributed by atoms with Gasteiger partial charge >= 0.3 is 6.03 Å². The summed E-state index contributed by atoms with van der Waals surface area (Å²) in [6, 6.07) is -0.835. The van der Waals surface area contributed by atoms with Crippen LogP contribution >= 0.6 is 0 Å². The zero-order valence-electron chi connectivity index (χ0n) is 11.2. The zero-order valence-corrected chi connectivity index (χ0v) is 11.2. The van der Waals surface area contributed by atoms with Crippen molar-refractivity contribution in [2.45, 2.75) is 45.2 Å². The third-order valence-electron chi connectivity index (χ3n) is 3.84. The summed E-state index contributed by atoms with van der Waals surface area (Å²) in [5.41, 5.74) is 10.7. The van der Waals surface area contributed by atoms with E-state index in [2.05, 4.69) is 10.2 Å².